The predicted molar refractivity (Wildman–Crippen MR) is 134 cm³/mol. The summed E-state index contributed by atoms with van der Waals surface area (Å²) in [6.45, 7) is 5.65. The van der Waals surface area contributed by atoms with Crippen molar-refractivity contribution in [2.24, 2.45) is 5.92 Å². The number of methoxy groups -OCH3 is 1. The summed E-state index contributed by atoms with van der Waals surface area (Å²) in [5.41, 5.74) is 1.04. The number of nitrogens with zero attached hydrogens (tertiary/aromatic N) is 2. The third kappa shape index (κ3) is 7.92. The molecule has 186 valence electrons. The van der Waals surface area contributed by atoms with Crippen molar-refractivity contribution in [1.29, 1.82) is 0 Å². The molecule has 0 aliphatic carbocycles. The highest BCUT2D eigenvalue weighted by molar-refractivity contribution is 7.92. The monoisotopic (exact) mass is 509 g/mol. The minimum Gasteiger partial charge on any atom is -0.497 e. The average Bonchev–Trinajstić information content (AvgIpc) is 2.78. The zero-order valence-corrected chi connectivity index (χ0v) is 21.7. The molecular formula is C24H32ClN3O5S. The van der Waals surface area contributed by atoms with Crippen molar-refractivity contribution < 1.29 is 22.7 Å². The van der Waals surface area contributed by atoms with Crippen LogP contribution in [0.25, 0.3) is 0 Å². The lowest BCUT2D eigenvalue weighted by Crippen LogP contribution is -2.51. The fourth-order valence-electron chi connectivity index (χ4n) is 3.23. The topological polar surface area (TPSA) is 96.0 Å². The van der Waals surface area contributed by atoms with Crippen LogP contribution in [0, 0.1) is 5.92 Å². The largest absolute Gasteiger partial charge is 0.497 e. The van der Waals surface area contributed by atoms with Crippen molar-refractivity contribution >= 4 is 39.1 Å². The average molecular weight is 510 g/mol. The summed E-state index contributed by atoms with van der Waals surface area (Å²) in [4.78, 5) is 27.6. The Balaban J connectivity index is 2.35. The Bertz CT molecular complexity index is 1090. The second-order valence-electron chi connectivity index (χ2n) is 8.43. The summed E-state index contributed by atoms with van der Waals surface area (Å²) < 4.78 is 31.3. The highest BCUT2D eigenvalue weighted by Crippen LogP contribution is 2.22. The molecule has 2 aromatic carbocycles. The SMILES string of the molecule is COc1ccc(N(CC(=O)N(Cc2cccc(Cl)c2)C(C)C(=O)NCC(C)C)S(C)(=O)=O)cc1. The number of anilines is 1. The number of sulfonamides is 1. The van der Waals surface area contributed by atoms with Gasteiger partial charge in [0, 0.05) is 18.1 Å². The molecule has 0 aromatic heterocycles. The van der Waals surface area contributed by atoms with Gasteiger partial charge in [0.25, 0.3) is 0 Å². The van der Waals surface area contributed by atoms with E-state index >= 15 is 0 Å². The fourth-order valence-corrected chi connectivity index (χ4v) is 4.29. The van der Waals surface area contributed by atoms with Gasteiger partial charge in [-0.3, -0.25) is 13.9 Å². The second-order valence-corrected chi connectivity index (χ2v) is 10.8. The van der Waals surface area contributed by atoms with Gasteiger partial charge in [-0.05, 0) is 54.8 Å². The van der Waals surface area contributed by atoms with Crippen LogP contribution < -0.4 is 14.4 Å². The van der Waals surface area contributed by atoms with Crippen molar-refractivity contribution in [2.45, 2.75) is 33.4 Å². The first-order valence-electron chi connectivity index (χ1n) is 10.9. The van der Waals surface area contributed by atoms with Crippen LogP contribution in [0.3, 0.4) is 0 Å². The minimum absolute atomic E-state index is 0.0931. The van der Waals surface area contributed by atoms with E-state index in [9.17, 15) is 18.0 Å². The molecule has 1 unspecified atom stereocenters. The summed E-state index contributed by atoms with van der Waals surface area (Å²) in [7, 11) is -2.28. The first-order chi connectivity index (χ1) is 15.9. The van der Waals surface area contributed by atoms with Gasteiger partial charge in [-0.15, -0.1) is 0 Å². The summed E-state index contributed by atoms with van der Waals surface area (Å²) in [6.07, 6.45) is 1.03. The van der Waals surface area contributed by atoms with Crippen LogP contribution in [-0.4, -0.2) is 57.6 Å². The Labute approximate surface area is 206 Å². The van der Waals surface area contributed by atoms with Gasteiger partial charge in [-0.2, -0.15) is 0 Å². The van der Waals surface area contributed by atoms with E-state index in [4.69, 9.17) is 16.3 Å². The maximum atomic E-state index is 13.5. The number of rotatable bonds is 11. The van der Waals surface area contributed by atoms with E-state index in [1.165, 1.54) is 12.0 Å². The molecular weight excluding hydrogens is 478 g/mol. The number of hydrogen-bond acceptors (Lipinski definition) is 5. The number of halogens is 1. The quantitative estimate of drug-likeness (QED) is 0.501. The summed E-state index contributed by atoms with van der Waals surface area (Å²) >= 11 is 6.10. The number of nitrogens with one attached hydrogen (secondary N) is 1. The summed E-state index contributed by atoms with van der Waals surface area (Å²) in [6, 6.07) is 12.5. The first kappa shape index (κ1) is 27.5. The number of hydrogen-bond donors (Lipinski definition) is 1. The van der Waals surface area contributed by atoms with Crippen LogP contribution in [0.15, 0.2) is 48.5 Å². The molecule has 0 saturated carbocycles. The van der Waals surface area contributed by atoms with E-state index in [2.05, 4.69) is 5.32 Å². The van der Waals surface area contributed by atoms with Crippen molar-refractivity contribution in [1.82, 2.24) is 10.2 Å². The van der Waals surface area contributed by atoms with Crippen molar-refractivity contribution in [3.05, 3.63) is 59.1 Å². The maximum absolute atomic E-state index is 13.5. The molecule has 0 bridgehead atoms. The van der Waals surface area contributed by atoms with Crippen LogP contribution in [0.4, 0.5) is 5.69 Å². The molecule has 0 fully saturated rings. The zero-order chi connectivity index (χ0) is 25.5. The molecule has 0 saturated heterocycles. The summed E-state index contributed by atoms with van der Waals surface area (Å²) in [5, 5.41) is 3.34. The van der Waals surface area contributed by atoms with Gasteiger partial charge in [-0.25, -0.2) is 8.42 Å². The van der Waals surface area contributed by atoms with Crippen LogP contribution in [0.5, 0.6) is 5.75 Å². The Hall–Kier alpha value is -2.78. The van der Waals surface area contributed by atoms with Crippen LogP contribution in [-0.2, 0) is 26.2 Å². The Morgan fingerprint density at radius 3 is 2.26 bits per heavy atom. The molecule has 10 heteroatoms. The number of carbonyl (C=O) groups is 2. The molecule has 0 aliphatic rings. The smallest absolute Gasteiger partial charge is 0.244 e. The number of amides is 2. The molecule has 2 aromatic rings. The zero-order valence-electron chi connectivity index (χ0n) is 20.1. The van der Waals surface area contributed by atoms with E-state index in [0.29, 0.717) is 23.0 Å². The summed E-state index contributed by atoms with van der Waals surface area (Å²) in [5.74, 6) is -0.0431. The van der Waals surface area contributed by atoms with Gasteiger partial charge in [0.05, 0.1) is 19.1 Å². The number of ether oxygens (including phenoxy) is 1. The lowest BCUT2D eigenvalue weighted by molar-refractivity contribution is -0.139. The van der Waals surface area contributed by atoms with Crippen LogP contribution in [0.2, 0.25) is 5.02 Å². The van der Waals surface area contributed by atoms with Crippen LogP contribution in [0.1, 0.15) is 26.3 Å². The molecule has 2 amide bonds. The van der Waals surface area contributed by atoms with Gasteiger partial charge in [0.1, 0.15) is 18.3 Å². The Morgan fingerprint density at radius 2 is 1.74 bits per heavy atom. The maximum Gasteiger partial charge on any atom is 0.244 e. The molecule has 0 heterocycles. The van der Waals surface area contributed by atoms with Gasteiger partial charge in [0.2, 0.25) is 21.8 Å². The van der Waals surface area contributed by atoms with Crippen molar-refractivity contribution in [3.63, 3.8) is 0 Å². The minimum atomic E-state index is -3.79. The lowest BCUT2D eigenvalue weighted by Gasteiger charge is -2.31. The predicted octanol–water partition coefficient (Wildman–Crippen LogP) is 3.30. The fraction of sp³-hybridized carbons (Fsp3) is 0.417. The molecule has 8 nitrogen and oxygen atoms in total. The standard InChI is InChI=1S/C24H32ClN3O5S/c1-17(2)14-26-24(30)18(3)27(15-19-7-6-8-20(25)13-19)23(29)16-28(34(5,31)32)21-9-11-22(33-4)12-10-21/h6-13,17-18H,14-16H2,1-5H3,(H,26,30). The van der Waals surface area contributed by atoms with E-state index < -0.39 is 28.5 Å². The molecule has 1 atom stereocenters. The Kier molecular flexibility index (Phi) is 9.76. The van der Waals surface area contributed by atoms with Gasteiger partial charge >= 0.3 is 0 Å². The van der Waals surface area contributed by atoms with Gasteiger partial charge < -0.3 is 15.0 Å². The number of benzene rings is 2. The third-order valence-electron chi connectivity index (χ3n) is 5.13. The van der Waals surface area contributed by atoms with Gasteiger partial charge in [-0.1, -0.05) is 37.6 Å². The molecule has 0 radical (unpaired) electrons. The Morgan fingerprint density at radius 1 is 1.09 bits per heavy atom. The van der Waals surface area contributed by atoms with Crippen molar-refractivity contribution in [3.8, 4) is 5.75 Å². The number of carbonyl (C=O) groups excluding carboxylic acids is 2. The van der Waals surface area contributed by atoms with E-state index in [1.54, 1.807) is 55.5 Å². The molecule has 34 heavy (non-hydrogen) atoms. The molecule has 1 N–H and O–H groups in total. The molecule has 0 spiro atoms. The highest BCUT2D eigenvalue weighted by atomic mass is 35.5. The van der Waals surface area contributed by atoms with Crippen molar-refractivity contribution in [2.75, 3.05) is 30.8 Å². The highest BCUT2D eigenvalue weighted by Gasteiger charge is 2.30. The molecule has 2 rings (SSSR count). The second kappa shape index (κ2) is 12.1. The third-order valence-corrected chi connectivity index (χ3v) is 6.51. The van der Waals surface area contributed by atoms with E-state index in [1.807, 2.05) is 13.8 Å². The first-order valence-corrected chi connectivity index (χ1v) is 13.1. The van der Waals surface area contributed by atoms with Gasteiger partial charge in [0.15, 0.2) is 0 Å². The molecule has 0 aliphatic heterocycles. The van der Waals surface area contributed by atoms with E-state index in [0.717, 1.165) is 16.1 Å². The van der Waals surface area contributed by atoms with E-state index in [-0.39, 0.29) is 18.4 Å². The lowest BCUT2D eigenvalue weighted by atomic mass is 10.1. The van der Waals surface area contributed by atoms with Crippen LogP contribution >= 0.6 is 11.6 Å². The normalized spacial score (nSPS) is 12.2.